The SMILES string of the molecule is CC#CCCNC1CCC(SC)CC1. The highest BCUT2D eigenvalue weighted by atomic mass is 32.2. The van der Waals surface area contributed by atoms with Gasteiger partial charge in [-0.15, -0.1) is 11.8 Å². The molecule has 1 fully saturated rings. The van der Waals surface area contributed by atoms with Gasteiger partial charge in [-0.2, -0.15) is 11.8 Å². The predicted octanol–water partition coefficient (Wildman–Crippen LogP) is 2.66. The van der Waals surface area contributed by atoms with E-state index in [0.717, 1.165) is 24.3 Å². The number of rotatable bonds is 4. The first-order valence-corrected chi connectivity index (χ1v) is 6.81. The molecule has 1 rings (SSSR count). The van der Waals surface area contributed by atoms with Crippen molar-refractivity contribution in [3.63, 3.8) is 0 Å². The van der Waals surface area contributed by atoms with Crippen LogP contribution in [0.25, 0.3) is 0 Å². The van der Waals surface area contributed by atoms with Crippen molar-refractivity contribution < 1.29 is 0 Å². The summed E-state index contributed by atoms with van der Waals surface area (Å²) < 4.78 is 0. The van der Waals surface area contributed by atoms with Gasteiger partial charge in [0, 0.05) is 24.3 Å². The first kappa shape index (κ1) is 11.9. The van der Waals surface area contributed by atoms with Gasteiger partial charge >= 0.3 is 0 Å². The van der Waals surface area contributed by atoms with Crippen molar-refractivity contribution in [1.82, 2.24) is 5.32 Å². The number of thioether (sulfide) groups is 1. The number of hydrogen-bond donors (Lipinski definition) is 1. The second kappa shape index (κ2) is 7.20. The molecule has 0 aromatic rings. The molecule has 0 heterocycles. The van der Waals surface area contributed by atoms with E-state index in [1.807, 2.05) is 18.7 Å². The van der Waals surface area contributed by atoms with E-state index in [-0.39, 0.29) is 0 Å². The van der Waals surface area contributed by atoms with E-state index in [1.165, 1.54) is 25.7 Å². The molecule has 0 bridgehead atoms. The van der Waals surface area contributed by atoms with Crippen LogP contribution in [0.5, 0.6) is 0 Å². The molecule has 1 nitrogen and oxygen atoms in total. The highest BCUT2D eigenvalue weighted by Gasteiger charge is 2.19. The molecule has 0 spiro atoms. The van der Waals surface area contributed by atoms with Crippen molar-refractivity contribution in [3.8, 4) is 11.8 Å². The molecule has 1 N–H and O–H groups in total. The second-order valence-corrected chi connectivity index (χ2v) is 4.98. The quantitative estimate of drug-likeness (QED) is 0.567. The van der Waals surface area contributed by atoms with E-state index in [2.05, 4.69) is 23.4 Å². The molecular weight excluding hydrogens is 190 g/mol. The normalized spacial score (nSPS) is 26.7. The Labute approximate surface area is 92.4 Å². The lowest BCUT2D eigenvalue weighted by Gasteiger charge is -2.27. The molecule has 0 aromatic carbocycles. The monoisotopic (exact) mass is 211 g/mol. The van der Waals surface area contributed by atoms with Gasteiger partial charge in [0.05, 0.1) is 0 Å². The fourth-order valence-corrected chi connectivity index (χ4v) is 2.71. The standard InChI is InChI=1S/C12H21NS/c1-3-4-5-10-13-11-6-8-12(14-2)9-7-11/h11-13H,5-10H2,1-2H3. The third kappa shape index (κ3) is 4.39. The minimum absolute atomic E-state index is 0.761. The van der Waals surface area contributed by atoms with Crippen LogP contribution in [0.2, 0.25) is 0 Å². The summed E-state index contributed by atoms with van der Waals surface area (Å²) in [5.41, 5.74) is 0. The summed E-state index contributed by atoms with van der Waals surface area (Å²) in [5, 5.41) is 4.51. The van der Waals surface area contributed by atoms with E-state index < -0.39 is 0 Å². The number of hydrogen-bond acceptors (Lipinski definition) is 2. The molecule has 0 unspecified atom stereocenters. The van der Waals surface area contributed by atoms with Crippen molar-refractivity contribution in [1.29, 1.82) is 0 Å². The summed E-state index contributed by atoms with van der Waals surface area (Å²) in [5.74, 6) is 6.02. The van der Waals surface area contributed by atoms with Crippen LogP contribution >= 0.6 is 11.8 Å². The average molecular weight is 211 g/mol. The lowest BCUT2D eigenvalue weighted by atomic mass is 9.95. The van der Waals surface area contributed by atoms with Crippen LogP contribution in [-0.2, 0) is 0 Å². The van der Waals surface area contributed by atoms with Crippen LogP contribution in [0.15, 0.2) is 0 Å². The molecule has 2 heteroatoms. The van der Waals surface area contributed by atoms with Crippen LogP contribution < -0.4 is 5.32 Å². The molecule has 0 saturated heterocycles. The Bertz CT molecular complexity index is 196. The molecule has 0 aliphatic heterocycles. The molecule has 80 valence electrons. The van der Waals surface area contributed by atoms with Crippen LogP contribution in [-0.4, -0.2) is 24.1 Å². The Morgan fingerprint density at radius 2 is 2.00 bits per heavy atom. The Morgan fingerprint density at radius 1 is 1.29 bits per heavy atom. The molecule has 0 atom stereocenters. The third-order valence-electron chi connectivity index (χ3n) is 2.87. The summed E-state index contributed by atoms with van der Waals surface area (Å²) in [6.07, 6.45) is 8.71. The molecule has 1 aliphatic rings. The van der Waals surface area contributed by atoms with Gasteiger partial charge < -0.3 is 5.32 Å². The van der Waals surface area contributed by atoms with Gasteiger partial charge in [-0.1, -0.05) is 0 Å². The lowest BCUT2D eigenvalue weighted by molar-refractivity contribution is 0.384. The first-order chi connectivity index (χ1) is 6.86. The minimum Gasteiger partial charge on any atom is -0.313 e. The van der Waals surface area contributed by atoms with Gasteiger partial charge in [0.25, 0.3) is 0 Å². The Morgan fingerprint density at radius 3 is 2.57 bits per heavy atom. The highest BCUT2D eigenvalue weighted by molar-refractivity contribution is 7.99. The zero-order valence-electron chi connectivity index (χ0n) is 9.31. The summed E-state index contributed by atoms with van der Waals surface area (Å²) in [6, 6.07) is 0.761. The zero-order valence-corrected chi connectivity index (χ0v) is 10.1. The molecule has 0 amide bonds. The Balaban J connectivity index is 2.06. The van der Waals surface area contributed by atoms with Crippen molar-refractivity contribution in [2.24, 2.45) is 0 Å². The van der Waals surface area contributed by atoms with Crippen molar-refractivity contribution in [2.45, 2.75) is 50.3 Å². The largest absolute Gasteiger partial charge is 0.313 e. The van der Waals surface area contributed by atoms with Crippen LogP contribution in [0.1, 0.15) is 39.0 Å². The maximum absolute atomic E-state index is 3.59. The van der Waals surface area contributed by atoms with Gasteiger partial charge in [0.2, 0.25) is 0 Å². The van der Waals surface area contributed by atoms with Gasteiger partial charge in [-0.3, -0.25) is 0 Å². The van der Waals surface area contributed by atoms with Crippen LogP contribution in [0, 0.1) is 11.8 Å². The van der Waals surface area contributed by atoms with E-state index in [1.54, 1.807) is 0 Å². The smallest absolute Gasteiger partial charge is 0.0214 e. The molecule has 1 saturated carbocycles. The summed E-state index contributed by atoms with van der Waals surface area (Å²) in [4.78, 5) is 0. The zero-order chi connectivity index (χ0) is 10.2. The summed E-state index contributed by atoms with van der Waals surface area (Å²) >= 11 is 2.03. The van der Waals surface area contributed by atoms with Gasteiger partial charge in [-0.25, -0.2) is 0 Å². The Kier molecular flexibility index (Phi) is 6.14. The maximum Gasteiger partial charge on any atom is 0.0214 e. The fraction of sp³-hybridized carbons (Fsp3) is 0.833. The Hall–Kier alpha value is -0.130. The van der Waals surface area contributed by atoms with Crippen LogP contribution in [0.3, 0.4) is 0 Å². The summed E-state index contributed by atoms with van der Waals surface area (Å²) in [6.45, 7) is 2.97. The van der Waals surface area contributed by atoms with E-state index in [9.17, 15) is 0 Å². The maximum atomic E-state index is 3.59. The fourth-order valence-electron chi connectivity index (χ4n) is 1.97. The topological polar surface area (TPSA) is 12.0 Å². The van der Waals surface area contributed by atoms with Crippen molar-refractivity contribution in [3.05, 3.63) is 0 Å². The molecule has 1 aliphatic carbocycles. The molecule has 0 radical (unpaired) electrons. The third-order valence-corrected chi connectivity index (χ3v) is 4.01. The molecule has 0 aromatic heterocycles. The van der Waals surface area contributed by atoms with Gasteiger partial charge in [0.1, 0.15) is 0 Å². The lowest BCUT2D eigenvalue weighted by Crippen LogP contribution is -2.34. The average Bonchev–Trinajstić information content (AvgIpc) is 2.25. The molecular formula is C12H21NS. The predicted molar refractivity (Wildman–Crippen MR) is 65.6 cm³/mol. The van der Waals surface area contributed by atoms with Crippen molar-refractivity contribution in [2.75, 3.05) is 12.8 Å². The van der Waals surface area contributed by atoms with Crippen LogP contribution in [0.4, 0.5) is 0 Å². The second-order valence-electron chi connectivity index (χ2n) is 3.84. The van der Waals surface area contributed by atoms with E-state index in [0.29, 0.717) is 0 Å². The van der Waals surface area contributed by atoms with E-state index in [4.69, 9.17) is 0 Å². The minimum atomic E-state index is 0.761. The summed E-state index contributed by atoms with van der Waals surface area (Å²) in [7, 11) is 0. The van der Waals surface area contributed by atoms with Gasteiger partial charge in [0.15, 0.2) is 0 Å². The number of nitrogens with one attached hydrogen (secondary N) is 1. The molecule has 14 heavy (non-hydrogen) atoms. The van der Waals surface area contributed by atoms with Crippen molar-refractivity contribution >= 4 is 11.8 Å². The van der Waals surface area contributed by atoms with Gasteiger partial charge in [-0.05, 0) is 38.9 Å². The van der Waals surface area contributed by atoms with E-state index >= 15 is 0 Å². The highest BCUT2D eigenvalue weighted by Crippen LogP contribution is 2.26. The first-order valence-electron chi connectivity index (χ1n) is 5.52.